The van der Waals surface area contributed by atoms with Gasteiger partial charge in [0.1, 0.15) is 18.3 Å². The smallest absolute Gasteiger partial charge is 0.111 e. The molecule has 0 saturated heterocycles. The second kappa shape index (κ2) is 13.3. The molecule has 0 aliphatic carbocycles. The topological polar surface area (TPSA) is 158 Å². The monoisotopic (exact) mass is 312 g/mol. The van der Waals surface area contributed by atoms with E-state index >= 15 is 0 Å². The molecule has 0 aromatic heterocycles. The molecule has 0 aliphatic rings. The maximum atomic E-state index is 9.59. The summed E-state index contributed by atoms with van der Waals surface area (Å²) in [6, 6.07) is 0. The zero-order valence-electron chi connectivity index (χ0n) is 12.1. The predicted molar refractivity (Wildman–Crippen MR) is 74.7 cm³/mol. The second-order valence-corrected chi connectivity index (χ2v) is 4.52. The van der Waals surface area contributed by atoms with Crippen LogP contribution in [0.5, 0.6) is 0 Å². The third-order valence-corrected chi connectivity index (χ3v) is 2.74. The van der Waals surface area contributed by atoms with Crippen LogP contribution in [0.1, 0.15) is 0 Å². The van der Waals surface area contributed by atoms with Crippen molar-refractivity contribution in [1.82, 2.24) is 5.32 Å². The van der Waals surface area contributed by atoms with Crippen LogP contribution in [0, 0.1) is 0 Å². The number of nitrogens with two attached hydrogens (primary N) is 1. The maximum Gasteiger partial charge on any atom is 0.111 e. The highest BCUT2D eigenvalue weighted by molar-refractivity contribution is 4.81. The molecule has 0 rings (SSSR count). The molecule has 0 fully saturated rings. The van der Waals surface area contributed by atoms with Gasteiger partial charge in [-0.3, -0.25) is 0 Å². The maximum absolute atomic E-state index is 9.59. The molecular formula is C12H28N2O7. The molecule has 8 N–H and O–H groups in total. The summed E-state index contributed by atoms with van der Waals surface area (Å²) in [6.45, 7) is 2.03. The van der Waals surface area contributed by atoms with E-state index in [-0.39, 0.29) is 6.54 Å². The van der Waals surface area contributed by atoms with Gasteiger partial charge in [-0.15, -0.1) is 0 Å². The summed E-state index contributed by atoms with van der Waals surface area (Å²) in [5.74, 6) is 0. The van der Waals surface area contributed by atoms with Gasteiger partial charge in [-0.1, -0.05) is 0 Å². The lowest BCUT2D eigenvalue weighted by Crippen LogP contribution is -2.49. The molecule has 9 heteroatoms. The number of hydrogen-bond donors (Lipinski definition) is 7. The molecular weight excluding hydrogens is 284 g/mol. The van der Waals surface area contributed by atoms with Crippen molar-refractivity contribution < 1.29 is 35.0 Å². The fourth-order valence-corrected chi connectivity index (χ4v) is 1.48. The lowest BCUT2D eigenvalue weighted by molar-refractivity contribution is -0.114. The number of hydrogen-bond acceptors (Lipinski definition) is 9. The minimum absolute atomic E-state index is 0.0173. The highest BCUT2D eigenvalue weighted by atomic mass is 16.5. The molecule has 0 spiro atoms. The number of aliphatic hydroxyl groups excluding tert-OH is 5. The van der Waals surface area contributed by atoms with Crippen molar-refractivity contribution >= 4 is 0 Å². The molecule has 0 bridgehead atoms. The Morgan fingerprint density at radius 2 is 1.43 bits per heavy atom. The van der Waals surface area contributed by atoms with Crippen LogP contribution < -0.4 is 11.1 Å². The Morgan fingerprint density at radius 1 is 0.857 bits per heavy atom. The summed E-state index contributed by atoms with van der Waals surface area (Å²) in [7, 11) is 0. The van der Waals surface area contributed by atoms with E-state index in [1.165, 1.54) is 0 Å². The molecule has 21 heavy (non-hydrogen) atoms. The SMILES string of the molecule is NCCOCCOCCNC[C@H](O)[C@@H](O)[C@@H](O)[C@@H](O)CO. The van der Waals surface area contributed by atoms with Crippen molar-refractivity contribution in [3.63, 3.8) is 0 Å². The average molecular weight is 312 g/mol. The van der Waals surface area contributed by atoms with E-state index in [9.17, 15) is 15.3 Å². The quantitative estimate of drug-likeness (QED) is 0.159. The molecule has 0 radical (unpaired) electrons. The van der Waals surface area contributed by atoms with Crippen LogP contribution in [0.4, 0.5) is 0 Å². The van der Waals surface area contributed by atoms with Crippen LogP contribution in [0.2, 0.25) is 0 Å². The van der Waals surface area contributed by atoms with Crippen molar-refractivity contribution in [2.24, 2.45) is 5.73 Å². The summed E-state index contributed by atoms with van der Waals surface area (Å²) in [5.41, 5.74) is 5.24. The van der Waals surface area contributed by atoms with Gasteiger partial charge in [-0.25, -0.2) is 0 Å². The summed E-state index contributed by atoms with van der Waals surface area (Å²) in [4.78, 5) is 0. The van der Waals surface area contributed by atoms with Gasteiger partial charge in [0.2, 0.25) is 0 Å². The molecule has 0 amide bonds. The molecule has 4 atom stereocenters. The zero-order chi connectivity index (χ0) is 16.1. The second-order valence-electron chi connectivity index (χ2n) is 4.52. The fourth-order valence-electron chi connectivity index (χ4n) is 1.48. The van der Waals surface area contributed by atoms with Crippen LogP contribution >= 0.6 is 0 Å². The van der Waals surface area contributed by atoms with Gasteiger partial charge in [-0.05, 0) is 0 Å². The Hall–Kier alpha value is -0.360. The molecule has 0 aromatic carbocycles. The lowest BCUT2D eigenvalue weighted by atomic mass is 10.0. The first kappa shape index (κ1) is 20.6. The van der Waals surface area contributed by atoms with E-state index in [1.807, 2.05) is 0 Å². The van der Waals surface area contributed by atoms with Gasteiger partial charge in [0.25, 0.3) is 0 Å². The van der Waals surface area contributed by atoms with Gasteiger partial charge in [0, 0.05) is 19.6 Å². The number of ether oxygens (including phenoxy) is 2. The van der Waals surface area contributed by atoms with Gasteiger partial charge in [-0.2, -0.15) is 0 Å². The van der Waals surface area contributed by atoms with E-state index < -0.39 is 31.0 Å². The highest BCUT2D eigenvalue weighted by Crippen LogP contribution is 2.04. The number of nitrogens with one attached hydrogen (secondary N) is 1. The molecule has 0 unspecified atom stereocenters. The lowest BCUT2D eigenvalue weighted by Gasteiger charge is -2.25. The zero-order valence-corrected chi connectivity index (χ0v) is 12.1. The fraction of sp³-hybridized carbons (Fsp3) is 1.00. The van der Waals surface area contributed by atoms with Crippen LogP contribution in [0.15, 0.2) is 0 Å². The molecule has 0 aliphatic heterocycles. The van der Waals surface area contributed by atoms with Gasteiger partial charge >= 0.3 is 0 Å². The number of aliphatic hydroxyl groups is 5. The molecule has 0 saturated carbocycles. The largest absolute Gasteiger partial charge is 0.394 e. The van der Waals surface area contributed by atoms with Gasteiger partial charge in [0.15, 0.2) is 0 Å². The Morgan fingerprint density at radius 3 is 2.00 bits per heavy atom. The summed E-state index contributed by atoms with van der Waals surface area (Å²) < 4.78 is 10.3. The number of rotatable bonds is 14. The highest BCUT2D eigenvalue weighted by Gasteiger charge is 2.29. The van der Waals surface area contributed by atoms with Crippen LogP contribution in [0.25, 0.3) is 0 Å². The van der Waals surface area contributed by atoms with Crippen molar-refractivity contribution in [2.45, 2.75) is 24.4 Å². The normalized spacial score (nSPS) is 17.4. The van der Waals surface area contributed by atoms with Crippen molar-refractivity contribution in [3.05, 3.63) is 0 Å². The van der Waals surface area contributed by atoms with Crippen LogP contribution in [0.3, 0.4) is 0 Å². The van der Waals surface area contributed by atoms with E-state index in [0.717, 1.165) is 0 Å². The minimum atomic E-state index is -1.61. The van der Waals surface area contributed by atoms with Crippen molar-refractivity contribution in [2.75, 3.05) is 52.7 Å². The Labute approximate surface area is 124 Å². The van der Waals surface area contributed by atoms with E-state index in [4.69, 9.17) is 25.4 Å². The van der Waals surface area contributed by atoms with Crippen molar-refractivity contribution in [1.29, 1.82) is 0 Å². The predicted octanol–water partition coefficient (Wildman–Crippen LogP) is -4.00. The van der Waals surface area contributed by atoms with Crippen LogP contribution in [-0.4, -0.2) is 103 Å². The first-order valence-electron chi connectivity index (χ1n) is 6.94. The minimum Gasteiger partial charge on any atom is -0.394 e. The van der Waals surface area contributed by atoms with Gasteiger partial charge < -0.3 is 46.1 Å². The van der Waals surface area contributed by atoms with E-state index in [0.29, 0.717) is 39.5 Å². The third-order valence-electron chi connectivity index (χ3n) is 2.74. The Bertz CT molecular complexity index is 236. The summed E-state index contributed by atoms with van der Waals surface area (Å²) >= 11 is 0. The Kier molecular flexibility index (Phi) is 13.1. The summed E-state index contributed by atoms with van der Waals surface area (Å²) in [6.07, 6.45) is -5.92. The molecule has 0 aromatic rings. The van der Waals surface area contributed by atoms with E-state index in [2.05, 4.69) is 5.32 Å². The van der Waals surface area contributed by atoms with Gasteiger partial charge in [0.05, 0.1) is 39.1 Å². The average Bonchev–Trinajstić information content (AvgIpc) is 2.50. The third kappa shape index (κ3) is 10.1. The standard InChI is InChI=1S/C12H28N2O7/c13-1-3-20-5-6-21-4-2-14-7-9(16)11(18)12(19)10(17)8-15/h9-12,14-19H,1-8,13H2/t9-,10-,11+,12-/m0/s1. The Balaban J connectivity index is 3.54. The molecule has 9 nitrogen and oxygen atoms in total. The molecule has 0 heterocycles. The van der Waals surface area contributed by atoms with Crippen molar-refractivity contribution in [3.8, 4) is 0 Å². The van der Waals surface area contributed by atoms with E-state index in [1.54, 1.807) is 0 Å². The first-order valence-corrected chi connectivity index (χ1v) is 6.94. The first-order chi connectivity index (χ1) is 10.0. The molecule has 128 valence electrons. The summed E-state index contributed by atoms with van der Waals surface area (Å²) in [5, 5.41) is 49.1. The van der Waals surface area contributed by atoms with Crippen LogP contribution in [-0.2, 0) is 9.47 Å².